The Bertz CT molecular complexity index is 532. The molecule has 0 spiro atoms. The summed E-state index contributed by atoms with van der Waals surface area (Å²) >= 11 is 0. The lowest BCUT2D eigenvalue weighted by atomic mass is 9.97. The van der Waals surface area contributed by atoms with Crippen LogP contribution in [-0.4, -0.2) is 47.5 Å². The maximum absolute atomic E-state index is 12.6. The topological polar surface area (TPSA) is 49.9 Å². The van der Waals surface area contributed by atoms with Gasteiger partial charge in [0.05, 0.1) is 31.7 Å². The van der Waals surface area contributed by atoms with Crippen LogP contribution in [0.4, 0.5) is 4.79 Å². The maximum Gasteiger partial charge on any atom is 0.327 e. The molecule has 5 nitrogen and oxygen atoms in total. The third-order valence-corrected chi connectivity index (χ3v) is 4.16. The van der Waals surface area contributed by atoms with E-state index in [4.69, 9.17) is 4.74 Å². The third kappa shape index (κ3) is 2.53. The van der Waals surface area contributed by atoms with Crippen molar-refractivity contribution in [3.8, 4) is 0 Å². The van der Waals surface area contributed by atoms with Crippen LogP contribution in [0.25, 0.3) is 0 Å². The molecule has 1 aromatic rings. The van der Waals surface area contributed by atoms with Gasteiger partial charge in [0.1, 0.15) is 0 Å². The number of nitrogens with zero attached hydrogens (tertiary/aromatic N) is 2. The molecule has 1 aromatic carbocycles. The van der Waals surface area contributed by atoms with Gasteiger partial charge in [-0.05, 0) is 12.0 Å². The minimum Gasteiger partial charge on any atom is -0.378 e. The van der Waals surface area contributed by atoms with E-state index >= 15 is 0 Å². The van der Waals surface area contributed by atoms with Gasteiger partial charge >= 0.3 is 6.03 Å². The summed E-state index contributed by atoms with van der Waals surface area (Å²) in [4.78, 5) is 28.4. The Morgan fingerprint density at radius 2 is 1.95 bits per heavy atom. The monoisotopic (exact) mass is 288 g/mol. The summed E-state index contributed by atoms with van der Waals surface area (Å²) in [7, 11) is 0. The molecule has 2 fully saturated rings. The van der Waals surface area contributed by atoms with Crippen molar-refractivity contribution >= 4 is 11.9 Å². The molecule has 2 atom stereocenters. The molecule has 5 heteroatoms. The fourth-order valence-electron chi connectivity index (χ4n) is 3.09. The van der Waals surface area contributed by atoms with Gasteiger partial charge in [0, 0.05) is 6.54 Å². The van der Waals surface area contributed by atoms with Gasteiger partial charge in [-0.1, -0.05) is 37.3 Å². The van der Waals surface area contributed by atoms with E-state index in [2.05, 4.69) is 0 Å². The molecule has 2 aliphatic heterocycles. The van der Waals surface area contributed by atoms with Gasteiger partial charge in [0.15, 0.2) is 0 Å². The number of benzene rings is 1. The van der Waals surface area contributed by atoms with Gasteiger partial charge in [0.25, 0.3) is 0 Å². The summed E-state index contributed by atoms with van der Waals surface area (Å²) in [5.41, 5.74) is 0.966. The molecule has 2 unspecified atom stereocenters. The van der Waals surface area contributed by atoms with Gasteiger partial charge in [-0.2, -0.15) is 0 Å². The molecule has 0 radical (unpaired) electrons. The van der Waals surface area contributed by atoms with Gasteiger partial charge in [-0.3, -0.25) is 9.69 Å². The zero-order chi connectivity index (χ0) is 14.8. The van der Waals surface area contributed by atoms with E-state index in [-0.39, 0.29) is 23.9 Å². The van der Waals surface area contributed by atoms with Crippen LogP contribution in [0.15, 0.2) is 30.3 Å². The Balaban J connectivity index is 1.85. The highest BCUT2D eigenvalue weighted by Gasteiger charge is 2.48. The van der Waals surface area contributed by atoms with Crippen molar-refractivity contribution in [1.29, 1.82) is 0 Å². The van der Waals surface area contributed by atoms with E-state index in [0.717, 1.165) is 12.0 Å². The number of urea groups is 1. The van der Waals surface area contributed by atoms with Crippen molar-refractivity contribution in [1.82, 2.24) is 9.80 Å². The molecular weight excluding hydrogens is 268 g/mol. The fraction of sp³-hybridized carbons (Fsp3) is 0.500. The number of amides is 3. The van der Waals surface area contributed by atoms with Crippen LogP contribution >= 0.6 is 0 Å². The van der Waals surface area contributed by atoms with Gasteiger partial charge in [0.2, 0.25) is 5.91 Å². The molecule has 112 valence electrons. The summed E-state index contributed by atoms with van der Waals surface area (Å²) in [6.45, 7) is 3.93. The number of ether oxygens (including phenoxy) is 1. The molecular formula is C16H20N2O3. The van der Waals surface area contributed by atoms with E-state index < -0.39 is 0 Å². The van der Waals surface area contributed by atoms with E-state index in [1.54, 1.807) is 0 Å². The first-order chi connectivity index (χ1) is 10.2. The maximum atomic E-state index is 12.6. The summed E-state index contributed by atoms with van der Waals surface area (Å²) < 4.78 is 5.44. The van der Waals surface area contributed by atoms with Crippen LogP contribution in [0, 0.1) is 5.92 Å². The number of hydrogen-bond acceptors (Lipinski definition) is 3. The van der Waals surface area contributed by atoms with Crippen molar-refractivity contribution < 1.29 is 14.3 Å². The fourth-order valence-corrected chi connectivity index (χ4v) is 3.09. The van der Waals surface area contributed by atoms with Crippen LogP contribution in [0.3, 0.4) is 0 Å². The second-order valence-corrected chi connectivity index (χ2v) is 5.60. The van der Waals surface area contributed by atoms with Crippen LogP contribution in [-0.2, 0) is 16.1 Å². The Morgan fingerprint density at radius 1 is 1.19 bits per heavy atom. The molecule has 2 saturated heterocycles. The third-order valence-electron chi connectivity index (χ3n) is 4.16. The molecule has 0 aromatic heterocycles. The lowest BCUT2D eigenvalue weighted by molar-refractivity contribution is -0.137. The average Bonchev–Trinajstić information content (AvgIpc) is 2.98. The van der Waals surface area contributed by atoms with Crippen LogP contribution < -0.4 is 0 Å². The van der Waals surface area contributed by atoms with E-state index in [9.17, 15) is 9.59 Å². The summed E-state index contributed by atoms with van der Waals surface area (Å²) in [6.07, 6.45) is 0.877. The first kappa shape index (κ1) is 14.1. The zero-order valence-corrected chi connectivity index (χ0v) is 12.2. The number of imide groups is 1. The van der Waals surface area contributed by atoms with Crippen LogP contribution in [0.1, 0.15) is 18.9 Å². The molecule has 3 amide bonds. The Kier molecular flexibility index (Phi) is 3.92. The van der Waals surface area contributed by atoms with Gasteiger partial charge in [-0.25, -0.2) is 4.79 Å². The normalized spacial score (nSPS) is 25.4. The number of rotatable bonds is 4. The highest BCUT2D eigenvalue weighted by atomic mass is 16.5. The molecule has 0 saturated carbocycles. The summed E-state index contributed by atoms with van der Waals surface area (Å²) in [5.74, 6) is -0.309. The molecule has 0 aliphatic carbocycles. The highest BCUT2D eigenvalue weighted by Crippen LogP contribution is 2.29. The smallest absolute Gasteiger partial charge is 0.327 e. The minimum atomic E-state index is -0.210. The van der Waals surface area contributed by atoms with Crippen molar-refractivity contribution in [2.45, 2.75) is 25.9 Å². The summed E-state index contributed by atoms with van der Waals surface area (Å²) in [5, 5.41) is 0. The molecule has 0 bridgehead atoms. The summed E-state index contributed by atoms with van der Waals surface area (Å²) in [6, 6.07) is 9.35. The molecule has 2 aliphatic rings. The number of hydrogen-bond donors (Lipinski definition) is 0. The standard InChI is InChI=1S/C16H20N2O3/c1-2-8-17-14-11-21-10-13(14)15(19)18(16(17)20)9-12-6-4-3-5-7-12/h3-7,13-14H,2,8-11H2,1H3. The Labute approximate surface area is 124 Å². The van der Waals surface area contributed by atoms with E-state index in [0.29, 0.717) is 26.3 Å². The predicted octanol–water partition coefficient (Wildman–Crippen LogP) is 1.88. The van der Waals surface area contributed by atoms with Gasteiger partial charge in [-0.15, -0.1) is 0 Å². The average molecular weight is 288 g/mol. The molecule has 2 heterocycles. The van der Waals surface area contributed by atoms with Crippen molar-refractivity contribution in [2.24, 2.45) is 5.92 Å². The predicted molar refractivity (Wildman–Crippen MR) is 77.5 cm³/mol. The van der Waals surface area contributed by atoms with Crippen molar-refractivity contribution in [3.63, 3.8) is 0 Å². The molecule has 0 N–H and O–H groups in total. The quantitative estimate of drug-likeness (QED) is 0.850. The first-order valence-corrected chi connectivity index (χ1v) is 7.46. The lowest BCUT2D eigenvalue weighted by Crippen LogP contribution is -2.61. The van der Waals surface area contributed by atoms with Crippen molar-refractivity contribution in [2.75, 3.05) is 19.8 Å². The number of carbonyl (C=O) groups is 2. The van der Waals surface area contributed by atoms with Crippen LogP contribution in [0.5, 0.6) is 0 Å². The minimum absolute atomic E-state index is 0.0861. The van der Waals surface area contributed by atoms with Gasteiger partial charge < -0.3 is 9.64 Å². The van der Waals surface area contributed by atoms with E-state index in [1.165, 1.54) is 4.90 Å². The lowest BCUT2D eigenvalue weighted by Gasteiger charge is -2.41. The van der Waals surface area contributed by atoms with E-state index in [1.807, 2.05) is 42.2 Å². The largest absolute Gasteiger partial charge is 0.378 e. The van der Waals surface area contributed by atoms with Crippen molar-refractivity contribution in [3.05, 3.63) is 35.9 Å². The molecule has 21 heavy (non-hydrogen) atoms. The molecule has 3 rings (SSSR count). The second-order valence-electron chi connectivity index (χ2n) is 5.60. The Morgan fingerprint density at radius 3 is 2.67 bits per heavy atom. The first-order valence-electron chi connectivity index (χ1n) is 7.46. The highest BCUT2D eigenvalue weighted by molar-refractivity contribution is 5.99. The van der Waals surface area contributed by atoms with Crippen LogP contribution in [0.2, 0.25) is 0 Å². The number of fused-ring (bicyclic) bond motifs is 1. The Hall–Kier alpha value is -1.88. The second kappa shape index (κ2) is 5.85. The number of carbonyl (C=O) groups excluding carboxylic acids is 2. The zero-order valence-electron chi connectivity index (χ0n) is 12.2. The SMILES string of the molecule is CCCN1C(=O)N(Cc2ccccc2)C(=O)C2COCC21.